The molecule has 6 nitrogen and oxygen atoms in total. The molecule has 0 unspecified atom stereocenters. The maximum absolute atomic E-state index is 13.2. The molecule has 2 aromatic carbocycles. The second-order valence-corrected chi connectivity index (χ2v) is 8.20. The Morgan fingerprint density at radius 3 is 2.45 bits per heavy atom. The van der Waals surface area contributed by atoms with Crippen LogP contribution < -0.4 is 4.90 Å². The van der Waals surface area contributed by atoms with E-state index >= 15 is 0 Å². The maximum atomic E-state index is 13.2. The second-order valence-electron chi connectivity index (χ2n) is 7.19. The van der Waals surface area contributed by atoms with Gasteiger partial charge in [-0.05, 0) is 36.6 Å². The van der Waals surface area contributed by atoms with Gasteiger partial charge in [0.15, 0.2) is 5.13 Å². The molecule has 7 heteroatoms. The van der Waals surface area contributed by atoms with Crippen molar-refractivity contribution in [3.8, 4) is 0 Å². The topological polar surface area (TPSA) is 70.6 Å². The van der Waals surface area contributed by atoms with E-state index in [1.54, 1.807) is 4.90 Å². The molecule has 1 saturated heterocycles. The van der Waals surface area contributed by atoms with Crippen molar-refractivity contribution in [2.45, 2.75) is 33.2 Å². The maximum Gasteiger partial charge on any atom is 0.249 e. The Bertz CT molecular complexity index is 1090. The number of aromatic nitrogens is 1. The molecule has 1 aromatic heterocycles. The molecule has 0 N–H and O–H groups in total. The third-order valence-electron chi connectivity index (χ3n) is 5.24. The van der Waals surface area contributed by atoms with Gasteiger partial charge in [0.05, 0.1) is 16.8 Å². The van der Waals surface area contributed by atoms with E-state index < -0.39 is 0 Å². The Labute approximate surface area is 172 Å². The van der Waals surface area contributed by atoms with E-state index in [0.717, 1.165) is 31.8 Å². The van der Waals surface area contributed by atoms with Crippen molar-refractivity contribution in [2.75, 3.05) is 11.4 Å². The Kier molecular flexibility index (Phi) is 5.15. The number of carbonyl (C=O) groups is 3. The fourth-order valence-corrected chi connectivity index (χ4v) is 4.42. The van der Waals surface area contributed by atoms with Crippen molar-refractivity contribution in [3.63, 3.8) is 0 Å². The summed E-state index contributed by atoms with van der Waals surface area (Å²) in [6.07, 6.45) is 0.342. The summed E-state index contributed by atoms with van der Waals surface area (Å²) in [7, 11) is 0. The number of nitrogens with zero attached hydrogens (tertiary/aromatic N) is 3. The SMILES string of the molecule is Cc1ccc2sc(N(Cc3ccccc3)C(=O)CN3C(=O)CCC3=O)nc2c1C. The summed E-state index contributed by atoms with van der Waals surface area (Å²) < 4.78 is 1.00. The van der Waals surface area contributed by atoms with Gasteiger partial charge in [0.25, 0.3) is 0 Å². The van der Waals surface area contributed by atoms with Crippen molar-refractivity contribution in [3.05, 3.63) is 59.2 Å². The highest BCUT2D eigenvalue weighted by Gasteiger charge is 2.33. The lowest BCUT2D eigenvalue weighted by molar-refractivity contribution is -0.141. The normalized spacial score (nSPS) is 14.1. The molecule has 2 heterocycles. The van der Waals surface area contributed by atoms with Crippen molar-refractivity contribution < 1.29 is 14.4 Å². The summed E-state index contributed by atoms with van der Waals surface area (Å²) in [6, 6.07) is 13.7. The van der Waals surface area contributed by atoms with E-state index in [1.165, 1.54) is 11.3 Å². The number of benzene rings is 2. The van der Waals surface area contributed by atoms with Crippen LogP contribution in [0.5, 0.6) is 0 Å². The van der Waals surface area contributed by atoms with Crippen LogP contribution in [0.15, 0.2) is 42.5 Å². The van der Waals surface area contributed by atoms with Crippen molar-refractivity contribution >= 4 is 44.4 Å². The molecule has 29 heavy (non-hydrogen) atoms. The number of anilines is 1. The average molecular weight is 407 g/mol. The van der Waals surface area contributed by atoms with E-state index in [4.69, 9.17) is 4.98 Å². The molecule has 0 atom stereocenters. The third kappa shape index (κ3) is 3.78. The molecule has 0 bridgehead atoms. The number of thiazole rings is 1. The van der Waals surface area contributed by atoms with Crippen LogP contribution in [0.25, 0.3) is 10.2 Å². The molecular weight excluding hydrogens is 386 g/mol. The lowest BCUT2D eigenvalue weighted by atomic mass is 10.1. The number of carbonyl (C=O) groups excluding carboxylic acids is 3. The Balaban J connectivity index is 1.70. The number of likely N-dealkylation sites (tertiary alicyclic amines) is 1. The molecule has 3 amide bonds. The minimum absolute atomic E-state index is 0.171. The quantitative estimate of drug-likeness (QED) is 0.606. The van der Waals surface area contributed by atoms with Crippen LogP contribution in [0.3, 0.4) is 0 Å². The largest absolute Gasteiger partial charge is 0.282 e. The van der Waals surface area contributed by atoms with Crippen LogP contribution >= 0.6 is 11.3 Å². The van der Waals surface area contributed by atoms with Crippen molar-refractivity contribution in [1.29, 1.82) is 0 Å². The highest BCUT2D eigenvalue weighted by Crippen LogP contribution is 2.33. The molecule has 1 aliphatic heterocycles. The number of rotatable bonds is 5. The molecule has 1 aliphatic rings. The Morgan fingerprint density at radius 1 is 1.07 bits per heavy atom. The average Bonchev–Trinajstić information content (AvgIpc) is 3.29. The zero-order valence-electron chi connectivity index (χ0n) is 16.3. The lowest BCUT2D eigenvalue weighted by Crippen LogP contribution is -2.42. The summed E-state index contributed by atoms with van der Waals surface area (Å²) >= 11 is 1.44. The van der Waals surface area contributed by atoms with E-state index in [2.05, 4.69) is 0 Å². The second kappa shape index (κ2) is 7.75. The van der Waals surface area contributed by atoms with Gasteiger partial charge in [0, 0.05) is 12.8 Å². The predicted molar refractivity (Wildman–Crippen MR) is 113 cm³/mol. The van der Waals surface area contributed by atoms with Gasteiger partial charge in [-0.15, -0.1) is 0 Å². The van der Waals surface area contributed by atoms with Gasteiger partial charge in [0.2, 0.25) is 17.7 Å². The smallest absolute Gasteiger partial charge is 0.249 e. The summed E-state index contributed by atoms with van der Waals surface area (Å²) in [5.41, 5.74) is 4.06. The van der Waals surface area contributed by atoms with Gasteiger partial charge in [-0.3, -0.25) is 24.2 Å². The first-order chi connectivity index (χ1) is 13.9. The standard InChI is InChI=1S/C22H21N3O3S/c1-14-8-9-17-21(15(14)2)23-22(29-17)25(12-16-6-4-3-5-7-16)20(28)13-24-18(26)10-11-19(24)27/h3-9H,10-13H2,1-2H3. The van der Waals surface area contributed by atoms with E-state index in [9.17, 15) is 14.4 Å². The molecule has 4 rings (SSSR count). The van der Waals surface area contributed by atoms with E-state index in [-0.39, 0.29) is 37.1 Å². The van der Waals surface area contributed by atoms with Crippen LogP contribution in [-0.4, -0.2) is 34.2 Å². The fourth-order valence-electron chi connectivity index (χ4n) is 3.38. The molecule has 148 valence electrons. The number of aryl methyl sites for hydroxylation is 2. The molecule has 0 radical (unpaired) electrons. The van der Waals surface area contributed by atoms with E-state index in [0.29, 0.717) is 11.7 Å². The molecule has 3 aromatic rings. The van der Waals surface area contributed by atoms with Crippen LogP contribution in [-0.2, 0) is 20.9 Å². The molecule has 0 saturated carbocycles. The van der Waals surface area contributed by atoms with Gasteiger partial charge >= 0.3 is 0 Å². The van der Waals surface area contributed by atoms with Crippen LogP contribution in [0, 0.1) is 13.8 Å². The first kappa shape index (κ1) is 19.3. The monoisotopic (exact) mass is 407 g/mol. The van der Waals surface area contributed by atoms with Gasteiger partial charge < -0.3 is 0 Å². The van der Waals surface area contributed by atoms with Gasteiger partial charge in [0.1, 0.15) is 6.54 Å². The van der Waals surface area contributed by atoms with Gasteiger partial charge in [-0.25, -0.2) is 4.98 Å². The van der Waals surface area contributed by atoms with Gasteiger partial charge in [-0.2, -0.15) is 0 Å². The minimum atomic E-state index is -0.314. The van der Waals surface area contributed by atoms with Crippen LogP contribution in [0.2, 0.25) is 0 Å². The molecule has 0 spiro atoms. The summed E-state index contributed by atoms with van der Waals surface area (Å²) in [5.74, 6) is -0.900. The summed E-state index contributed by atoms with van der Waals surface area (Å²) in [5, 5.41) is 0.571. The Morgan fingerprint density at radius 2 is 1.76 bits per heavy atom. The number of amides is 3. The van der Waals surface area contributed by atoms with Crippen molar-refractivity contribution in [1.82, 2.24) is 9.88 Å². The fraction of sp³-hybridized carbons (Fsp3) is 0.273. The first-order valence-corrected chi connectivity index (χ1v) is 10.3. The minimum Gasteiger partial charge on any atom is -0.282 e. The highest BCUT2D eigenvalue weighted by molar-refractivity contribution is 7.22. The predicted octanol–water partition coefficient (Wildman–Crippen LogP) is 3.60. The van der Waals surface area contributed by atoms with E-state index in [1.807, 2.05) is 56.3 Å². The number of fused-ring (bicyclic) bond motifs is 1. The number of hydrogen-bond acceptors (Lipinski definition) is 5. The third-order valence-corrected chi connectivity index (χ3v) is 6.28. The Hall–Kier alpha value is -3.06. The molecule has 0 aliphatic carbocycles. The summed E-state index contributed by atoms with van der Waals surface area (Å²) in [6.45, 7) is 4.13. The zero-order chi connectivity index (χ0) is 20.5. The first-order valence-electron chi connectivity index (χ1n) is 9.48. The zero-order valence-corrected chi connectivity index (χ0v) is 17.2. The number of hydrogen-bond donors (Lipinski definition) is 0. The lowest BCUT2D eigenvalue weighted by Gasteiger charge is -2.22. The number of imide groups is 1. The highest BCUT2D eigenvalue weighted by atomic mass is 32.1. The molecule has 1 fully saturated rings. The molecular formula is C22H21N3O3S. The van der Waals surface area contributed by atoms with Gasteiger partial charge in [-0.1, -0.05) is 47.7 Å². The van der Waals surface area contributed by atoms with Crippen LogP contribution in [0.4, 0.5) is 5.13 Å². The van der Waals surface area contributed by atoms with Crippen LogP contribution in [0.1, 0.15) is 29.5 Å². The van der Waals surface area contributed by atoms with Crippen molar-refractivity contribution in [2.24, 2.45) is 0 Å². The summed E-state index contributed by atoms with van der Waals surface area (Å²) in [4.78, 5) is 44.5.